The summed E-state index contributed by atoms with van der Waals surface area (Å²) in [6.07, 6.45) is 2.41. The van der Waals surface area contributed by atoms with Gasteiger partial charge in [-0.2, -0.15) is 0 Å². The SMILES string of the molecule is ICCCc1ccc(Sc2cccc(OCc3ccccc3)c2)cc1. The molecule has 3 rings (SSSR count). The lowest BCUT2D eigenvalue weighted by atomic mass is 10.1. The Morgan fingerprint density at radius 1 is 0.760 bits per heavy atom. The van der Waals surface area contributed by atoms with E-state index in [2.05, 4.69) is 77.2 Å². The van der Waals surface area contributed by atoms with Crippen LogP contribution in [0.15, 0.2) is 88.7 Å². The van der Waals surface area contributed by atoms with E-state index in [1.54, 1.807) is 11.8 Å². The highest BCUT2D eigenvalue weighted by Crippen LogP contribution is 2.30. The number of aryl methyl sites for hydroxylation is 1. The molecular weight excluding hydrogens is 439 g/mol. The van der Waals surface area contributed by atoms with Gasteiger partial charge in [0.2, 0.25) is 0 Å². The highest BCUT2D eigenvalue weighted by atomic mass is 127. The van der Waals surface area contributed by atoms with Gasteiger partial charge in [-0.3, -0.25) is 0 Å². The fourth-order valence-electron chi connectivity index (χ4n) is 2.50. The predicted molar refractivity (Wildman–Crippen MR) is 115 cm³/mol. The fourth-order valence-corrected chi connectivity index (χ4v) is 3.75. The molecule has 0 aromatic heterocycles. The average molecular weight is 460 g/mol. The van der Waals surface area contributed by atoms with Gasteiger partial charge in [0.15, 0.2) is 0 Å². The third kappa shape index (κ3) is 6.08. The molecule has 0 aliphatic heterocycles. The van der Waals surface area contributed by atoms with Gasteiger partial charge in [0.05, 0.1) is 0 Å². The molecule has 0 atom stereocenters. The molecule has 0 saturated carbocycles. The van der Waals surface area contributed by atoms with Crippen LogP contribution in [-0.4, -0.2) is 4.43 Å². The number of rotatable bonds is 8. The molecule has 1 nitrogen and oxygen atoms in total. The van der Waals surface area contributed by atoms with E-state index in [0.717, 1.165) is 12.2 Å². The maximum Gasteiger partial charge on any atom is 0.120 e. The highest BCUT2D eigenvalue weighted by Gasteiger charge is 2.02. The van der Waals surface area contributed by atoms with Crippen molar-refractivity contribution in [2.75, 3.05) is 4.43 Å². The van der Waals surface area contributed by atoms with Gasteiger partial charge in [-0.05, 0) is 58.7 Å². The van der Waals surface area contributed by atoms with Gasteiger partial charge in [0.25, 0.3) is 0 Å². The molecule has 3 aromatic rings. The first kappa shape index (κ1) is 18.3. The van der Waals surface area contributed by atoms with Crippen molar-refractivity contribution in [2.45, 2.75) is 29.2 Å². The normalized spacial score (nSPS) is 10.6. The van der Waals surface area contributed by atoms with Gasteiger partial charge in [0, 0.05) is 9.79 Å². The third-order valence-corrected chi connectivity index (χ3v) is 5.57. The quantitative estimate of drug-likeness (QED) is 0.271. The maximum atomic E-state index is 5.92. The molecule has 0 N–H and O–H groups in total. The first-order chi connectivity index (χ1) is 12.3. The van der Waals surface area contributed by atoms with E-state index >= 15 is 0 Å². The summed E-state index contributed by atoms with van der Waals surface area (Å²) in [6, 6.07) is 27.5. The predicted octanol–water partition coefficient (Wildman–Crippen LogP) is 6.78. The Balaban J connectivity index is 1.59. The highest BCUT2D eigenvalue weighted by molar-refractivity contribution is 14.1. The van der Waals surface area contributed by atoms with Crippen LogP contribution in [0.1, 0.15) is 17.5 Å². The zero-order valence-electron chi connectivity index (χ0n) is 14.0. The molecule has 128 valence electrons. The molecule has 0 unspecified atom stereocenters. The molecule has 0 aliphatic carbocycles. The number of hydrogen-bond donors (Lipinski definition) is 0. The summed E-state index contributed by atoms with van der Waals surface area (Å²) in [4.78, 5) is 2.46. The van der Waals surface area contributed by atoms with Crippen LogP contribution in [0.2, 0.25) is 0 Å². The Labute approximate surface area is 168 Å². The average Bonchev–Trinajstić information content (AvgIpc) is 2.67. The topological polar surface area (TPSA) is 9.23 Å². The minimum absolute atomic E-state index is 0.598. The lowest BCUT2D eigenvalue weighted by Gasteiger charge is -2.08. The van der Waals surface area contributed by atoms with E-state index in [9.17, 15) is 0 Å². The maximum absolute atomic E-state index is 5.92. The Morgan fingerprint density at radius 3 is 2.32 bits per heavy atom. The van der Waals surface area contributed by atoms with Crippen molar-refractivity contribution in [3.63, 3.8) is 0 Å². The molecule has 0 saturated heterocycles. The second-order valence-corrected chi connectivity index (χ2v) is 8.01. The Kier molecular flexibility index (Phi) is 7.24. The standard InChI is InChI=1S/C22H21IOS/c23-15-5-8-18-11-13-21(14-12-18)25-22-10-4-9-20(16-22)24-17-19-6-2-1-3-7-19/h1-4,6-7,9-14,16H,5,8,15,17H2. The molecule has 3 aromatic carbocycles. The summed E-state index contributed by atoms with van der Waals surface area (Å²) in [5.41, 5.74) is 2.60. The van der Waals surface area contributed by atoms with E-state index in [1.807, 2.05) is 24.3 Å². The van der Waals surface area contributed by atoms with Gasteiger partial charge in [-0.15, -0.1) is 0 Å². The molecule has 0 heterocycles. The van der Waals surface area contributed by atoms with Crippen molar-refractivity contribution < 1.29 is 4.74 Å². The number of alkyl halides is 1. The van der Waals surface area contributed by atoms with Crippen LogP contribution in [0.5, 0.6) is 5.75 Å². The molecule has 0 fully saturated rings. The van der Waals surface area contributed by atoms with E-state index in [4.69, 9.17) is 4.74 Å². The number of ether oxygens (including phenoxy) is 1. The minimum Gasteiger partial charge on any atom is -0.489 e. The molecule has 0 aliphatic rings. The molecule has 3 heteroatoms. The first-order valence-electron chi connectivity index (χ1n) is 8.43. The molecular formula is C22H21IOS. The lowest BCUT2D eigenvalue weighted by molar-refractivity contribution is 0.305. The third-order valence-electron chi connectivity index (χ3n) is 3.81. The number of halogens is 1. The van der Waals surface area contributed by atoms with Crippen LogP contribution in [0.4, 0.5) is 0 Å². The second-order valence-electron chi connectivity index (χ2n) is 5.79. The van der Waals surface area contributed by atoms with E-state index in [1.165, 1.54) is 31.8 Å². The van der Waals surface area contributed by atoms with E-state index < -0.39 is 0 Å². The number of hydrogen-bond acceptors (Lipinski definition) is 2. The molecule has 0 amide bonds. The monoisotopic (exact) mass is 460 g/mol. The van der Waals surface area contributed by atoms with Crippen LogP contribution in [0.25, 0.3) is 0 Å². The molecule has 0 radical (unpaired) electrons. The molecule has 0 spiro atoms. The smallest absolute Gasteiger partial charge is 0.120 e. The summed E-state index contributed by atoms with van der Waals surface area (Å²) in [5.74, 6) is 0.910. The lowest BCUT2D eigenvalue weighted by Crippen LogP contribution is -1.94. The van der Waals surface area contributed by atoms with Crippen molar-refractivity contribution in [1.82, 2.24) is 0 Å². The second kappa shape index (κ2) is 9.88. The van der Waals surface area contributed by atoms with Gasteiger partial charge < -0.3 is 4.74 Å². The van der Waals surface area contributed by atoms with Crippen LogP contribution in [-0.2, 0) is 13.0 Å². The van der Waals surface area contributed by atoms with Crippen LogP contribution >= 0.6 is 34.4 Å². The summed E-state index contributed by atoms with van der Waals surface area (Å²) in [7, 11) is 0. The molecule has 0 bridgehead atoms. The minimum atomic E-state index is 0.598. The number of benzene rings is 3. The van der Waals surface area contributed by atoms with Crippen molar-refractivity contribution in [1.29, 1.82) is 0 Å². The van der Waals surface area contributed by atoms with E-state index in [0.29, 0.717) is 6.61 Å². The van der Waals surface area contributed by atoms with Crippen molar-refractivity contribution in [3.8, 4) is 5.75 Å². The summed E-state index contributed by atoms with van der Waals surface area (Å²) in [6.45, 7) is 0.598. The van der Waals surface area contributed by atoms with Gasteiger partial charge in [0.1, 0.15) is 12.4 Å². The summed E-state index contributed by atoms with van der Waals surface area (Å²) in [5, 5.41) is 0. The fraction of sp³-hybridized carbons (Fsp3) is 0.182. The van der Waals surface area contributed by atoms with Crippen LogP contribution in [0.3, 0.4) is 0 Å². The Hall–Kier alpha value is -1.46. The zero-order chi connectivity index (χ0) is 17.3. The summed E-state index contributed by atoms with van der Waals surface area (Å²) < 4.78 is 7.13. The Morgan fingerprint density at radius 2 is 1.56 bits per heavy atom. The van der Waals surface area contributed by atoms with Gasteiger partial charge in [-0.1, -0.05) is 82.9 Å². The first-order valence-corrected chi connectivity index (χ1v) is 10.8. The van der Waals surface area contributed by atoms with Gasteiger partial charge >= 0.3 is 0 Å². The van der Waals surface area contributed by atoms with Crippen molar-refractivity contribution in [3.05, 3.63) is 90.0 Å². The van der Waals surface area contributed by atoms with Crippen molar-refractivity contribution in [2.24, 2.45) is 0 Å². The zero-order valence-corrected chi connectivity index (χ0v) is 17.0. The van der Waals surface area contributed by atoms with Crippen LogP contribution < -0.4 is 4.74 Å². The van der Waals surface area contributed by atoms with Crippen LogP contribution in [0, 0.1) is 0 Å². The van der Waals surface area contributed by atoms with Crippen molar-refractivity contribution >= 4 is 34.4 Å². The largest absolute Gasteiger partial charge is 0.489 e. The molecule has 25 heavy (non-hydrogen) atoms. The van der Waals surface area contributed by atoms with Gasteiger partial charge in [-0.25, -0.2) is 0 Å². The van der Waals surface area contributed by atoms with E-state index in [-0.39, 0.29) is 0 Å². The Bertz CT molecular complexity index is 772. The summed E-state index contributed by atoms with van der Waals surface area (Å²) >= 11 is 4.21.